The molecule has 0 amide bonds. The molecule has 1 unspecified atom stereocenters. The number of aromatic nitrogens is 2. The third kappa shape index (κ3) is 3.67. The van der Waals surface area contributed by atoms with E-state index in [1.807, 2.05) is 36.1 Å². The predicted molar refractivity (Wildman–Crippen MR) is 79.4 cm³/mol. The molecule has 2 aromatic rings. The largest absolute Gasteiger partial charge is 0.313 e. The summed E-state index contributed by atoms with van der Waals surface area (Å²) in [7, 11) is 2.02. The van der Waals surface area contributed by atoms with Crippen molar-refractivity contribution in [3.05, 3.63) is 48.3 Å². The van der Waals surface area contributed by atoms with Crippen LogP contribution in [0.4, 0.5) is 0 Å². The molecule has 19 heavy (non-hydrogen) atoms. The van der Waals surface area contributed by atoms with Crippen molar-refractivity contribution in [1.82, 2.24) is 15.1 Å². The first-order valence-corrected chi connectivity index (χ1v) is 6.98. The van der Waals surface area contributed by atoms with Crippen molar-refractivity contribution >= 4 is 0 Å². The summed E-state index contributed by atoms with van der Waals surface area (Å²) in [5, 5.41) is 7.84. The van der Waals surface area contributed by atoms with Gasteiger partial charge >= 0.3 is 0 Å². The lowest BCUT2D eigenvalue weighted by Gasteiger charge is -2.15. The topological polar surface area (TPSA) is 29.9 Å². The lowest BCUT2D eigenvalue weighted by molar-refractivity contribution is 0.465. The molecule has 0 fully saturated rings. The van der Waals surface area contributed by atoms with Crippen LogP contribution in [0.15, 0.2) is 42.7 Å². The fraction of sp³-hybridized carbons (Fsp3) is 0.438. The van der Waals surface area contributed by atoms with Gasteiger partial charge in [-0.25, -0.2) is 4.68 Å². The van der Waals surface area contributed by atoms with Crippen molar-refractivity contribution in [3.63, 3.8) is 0 Å². The summed E-state index contributed by atoms with van der Waals surface area (Å²) in [6, 6.07) is 10.6. The van der Waals surface area contributed by atoms with Crippen LogP contribution in [0, 0.1) is 5.92 Å². The number of benzene rings is 1. The Morgan fingerprint density at radius 1 is 1.16 bits per heavy atom. The van der Waals surface area contributed by atoms with Crippen LogP contribution >= 0.6 is 0 Å². The van der Waals surface area contributed by atoms with E-state index in [1.54, 1.807) is 0 Å². The van der Waals surface area contributed by atoms with Gasteiger partial charge in [0.25, 0.3) is 0 Å². The molecule has 1 aromatic carbocycles. The zero-order valence-electron chi connectivity index (χ0n) is 12.0. The van der Waals surface area contributed by atoms with Gasteiger partial charge in [-0.15, -0.1) is 0 Å². The van der Waals surface area contributed by atoms with Gasteiger partial charge in [-0.2, -0.15) is 5.10 Å². The second-order valence-corrected chi connectivity index (χ2v) is 5.37. The minimum atomic E-state index is 0.389. The second-order valence-electron chi connectivity index (χ2n) is 5.37. The summed E-state index contributed by atoms with van der Waals surface area (Å²) >= 11 is 0. The molecule has 3 heteroatoms. The Labute approximate surface area is 115 Å². The van der Waals surface area contributed by atoms with Gasteiger partial charge in [0, 0.05) is 17.8 Å². The predicted octanol–water partition coefficient (Wildman–Crippen LogP) is 3.57. The van der Waals surface area contributed by atoms with E-state index in [9.17, 15) is 0 Å². The molecule has 0 radical (unpaired) electrons. The Balaban J connectivity index is 2.11. The van der Waals surface area contributed by atoms with Crippen molar-refractivity contribution in [1.29, 1.82) is 0 Å². The van der Waals surface area contributed by atoms with Crippen molar-refractivity contribution < 1.29 is 0 Å². The van der Waals surface area contributed by atoms with Gasteiger partial charge in [-0.05, 0) is 37.9 Å². The van der Waals surface area contributed by atoms with Crippen LogP contribution in [-0.2, 0) is 0 Å². The number of para-hydroxylation sites is 1. The Morgan fingerprint density at radius 3 is 2.53 bits per heavy atom. The molecule has 3 nitrogen and oxygen atoms in total. The fourth-order valence-electron chi connectivity index (χ4n) is 2.22. The highest BCUT2D eigenvalue weighted by molar-refractivity contribution is 5.31. The van der Waals surface area contributed by atoms with Crippen molar-refractivity contribution in [3.8, 4) is 5.69 Å². The van der Waals surface area contributed by atoms with E-state index < -0.39 is 0 Å². The molecule has 0 saturated carbocycles. The molecule has 1 heterocycles. The summed E-state index contributed by atoms with van der Waals surface area (Å²) in [5.74, 6) is 0.736. The summed E-state index contributed by atoms with van der Waals surface area (Å²) < 4.78 is 1.94. The van der Waals surface area contributed by atoms with Gasteiger partial charge in [0.05, 0.1) is 11.9 Å². The number of hydrogen-bond donors (Lipinski definition) is 1. The quantitative estimate of drug-likeness (QED) is 0.857. The zero-order valence-corrected chi connectivity index (χ0v) is 12.0. The highest BCUT2D eigenvalue weighted by Gasteiger charge is 2.12. The second kappa shape index (κ2) is 6.53. The molecule has 0 aliphatic heterocycles. The smallest absolute Gasteiger partial charge is 0.0645 e. The van der Waals surface area contributed by atoms with Gasteiger partial charge in [-0.3, -0.25) is 0 Å². The lowest BCUT2D eigenvalue weighted by Crippen LogP contribution is -2.16. The molecule has 102 valence electrons. The van der Waals surface area contributed by atoms with Crippen molar-refractivity contribution in [2.45, 2.75) is 32.7 Å². The monoisotopic (exact) mass is 257 g/mol. The summed E-state index contributed by atoms with van der Waals surface area (Å²) in [5.41, 5.74) is 2.36. The molecular weight excluding hydrogens is 234 g/mol. The molecule has 1 N–H and O–H groups in total. The number of rotatable bonds is 6. The molecule has 0 aliphatic carbocycles. The van der Waals surface area contributed by atoms with E-state index in [1.165, 1.54) is 12.0 Å². The van der Waals surface area contributed by atoms with Gasteiger partial charge < -0.3 is 5.32 Å². The van der Waals surface area contributed by atoms with Gasteiger partial charge in [0.1, 0.15) is 0 Å². The Morgan fingerprint density at radius 2 is 1.89 bits per heavy atom. The zero-order chi connectivity index (χ0) is 13.7. The number of nitrogens with one attached hydrogen (secondary N) is 1. The third-order valence-electron chi connectivity index (χ3n) is 3.41. The first kappa shape index (κ1) is 13.8. The van der Waals surface area contributed by atoms with E-state index in [0.717, 1.165) is 18.0 Å². The molecule has 1 atom stereocenters. The van der Waals surface area contributed by atoms with Crippen LogP contribution < -0.4 is 5.32 Å². The van der Waals surface area contributed by atoms with Crippen LogP contribution in [-0.4, -0.2) is 16.8 Å². The highest BCUT2D eigenvalue weighted by Crippen LogP contribution is 2.21. The SMILES string of the molecule is CNC(CCC(C)C)c1cnn(-c2ccccc2)c1. The molecule has 0 saturated heterocycles. The Kier molecular flexibility index (Phi) is 4.74. The van der Waals surface area contributed by atoms with E-state index >= 15 is 0 Å². The first-order chi connectivity index (χ1) is 9.20. The van der Waals surface area contributed by atoms with Gasteiger partial charge in [0.15, 0.2) is 0 Å². The maximum absolute atomic E-state index is 4.46. The van der Waals surface area contributed by atoms with Crippen LogP contribution in [0.2, 0.25) is 0 Å². The average molecular weight is 257 g/mol. The van der Waals surface area contributed by atoms with Crippen LogP contribution in [0.25, 0.3) is 5.69 Å². The first-order valence-electron chi connectivity index (χ1n) is 6.98. The molecule has 0 bridgehead atoms. The van der Waals surface area contributed by atoms with Gasteiger partial charge in [0.2, 0.25) is 0 Å². The molecule has 1 aromatic heterocycles. The normalized spacial score (nSPS) is 12.8. The van der Waals surface area contributed by atoms with Crippen molar-refractivity contribution in [2.24, 2.45) is 5.92 Å². The number of nitrogens with zero attached hydrogens (tertiary/aromatic N) is 2. The Hall–Kier alpha value is -1.61. The van der Waals surface area contributed by atoms with Crippen LogP contribution in [0.3, 0.4) is 0 Å². The minimum absolute atomic E-state index is 0.389. The molecule has 2 rings (SSSR count). The Bertz CT molecular complexity index is 488. The van der Waals surface area contributed by atoms with Gasteiger partial charge in [-0.1, -0.05) is 32.0 Å². The summed E-state index contributed by atoms with van der Waals surface area (Å²) in [6.45, 7) is 4.53. The van der Waals surface area contributed by atoms with E-state index in [0.29, 0.717) is 6.04 Å². The fourth-order valence-corrected chi connectivity index (χ4v) is 2.22. The van der Waals surface area contributed by atoms with Crippen LogP contribution in [0.5, 0.6) is 0 Å². The summed E-state index contributed by atoms with van der Waals surface area (Å²) in [4.78, 5) is 0. The highest BCUT2D eigenvalue weighted by atomic mass is 15.3. The molecule has 0 aliphatic rings. The lowest BCUT2D eigenvalue weighted by atomic mass is 10.00. The average Bonchev–Trinajstić information content (AvgIpc) is 2.90. The standard InChI is InChI=1S/C16H23N3/c1-13(2)9-10-16(17-3)14-11-18-19(12-14)15-7-5-4-6-8-15/h4-8,11-13,16-17H,9-10H2,1-3H3. The molecular formula is C16H23N3. The maximum Gasteiger partial charge on any atom is 0.0645 e. The van der Waals surface area contributed by atoms with Crippen molar-refractivity contribution in [2.75, 3.05) is 7.05 Å². The summed E-state index contributed by atoms with van der Waals surface area (Å²) in [6.07, 6.45) is 6.46. The van der Waals surface area contributed by atoms with E-state index in [4.69, 9.17) is 0 Å². The number of hydrogen-bond acceptors (Lipinski definition) is 2. The maximum atomic E-state index is 4.46. The van der Waals surface area contributed by atoms with E-state index in [-0.39, 0.29) is 0 Å². The third-order valence-corrected chi connectivity index (χ3v) is 3.41. The van der Waals surface area contributed by atoms with E-state index in [2.05, 4.69) is 42.6 Å². The van der Waals surface area contributed by atoms with Crippen LogP contribution in [0.1, 0.15) is 38.3 Å². The molecule has 0 spiro atoms. The minimum Gasteiger partial charge on any atom is -0.313 e.